The third-order valence-corrected chi connectivity index (χ3v) is 2.55. The van der Waals surface area contributed by atoms with Gasteiger partial charge in [-0.1, -0.05) is 17.9 Å². The Morgan fingerprint density at radius 2 is 2.14 bits per heavy atom. The third kappa shape index (κ3) is 3.96. The van der Waals surface area contributed by atoms with Crippen LogP contribution in [0.3, 0.4) is 0 Å². The van der Waals surface area contributed by atoms with E-state index in [1.165, 1.54) is 6.07 Å². The van der Waals surface area contributed by atoms with E-state index in [9.17, 15) is 14.7 Å². The molecule has 21 heavy (non-hydrogen) atoms. The summed E-state index contributed by atoms with van der Waals surface area (Å²) in [4.78, 5) is 25.4. The lowest BCUT2D eigenvalue weighted by molar-refractivity contribution is 0.102. The molecule has 5 N–H and O–H groups in total. The second kappa shape index (κ2) is 6.41. The number of hydrogen-bond acceptors (Lipinski definition) is 4. The van der Waals surface area contributed by atoms with E-state index >= 15 is 0 Å². The number of carbonyl (C=O) groups is 1. The van der Waals surface area contributed by atoms with Crippen molar-refractivity contribution in [3.63, 3.8) is 0 Å². The molecular weight excluding hydrogens is 270 g/mol. The molecule has 2 rings (SSSR count). The molecule has 0 aliphatic heterocycles. The van der Waals surface area contributed by atoms with Crippen molar-refractivity contribution in [3.8, 4) is 17.7 Å². The maximum Gasteiger partial charge on any atom is 0.256 e. The lowest BCUT2D eigenvalue weighted by Crippen LogP contribution is -2.15. The van der Waals surface area contributed by atoms with Gasteiger partial charge in [0, 0.05) is 23.4 Å². The van der Waals surface area contributed by atoms with Crippen molar-refractivity contribution in [2.24, 2.45) is 5.73 Å². The Balaban J connectivity index is 2.21. The number of rotatable bonds is 2. The van der Waals surface area contributed by atoms with Gasteiger partial charge in [0.1, 0.15) is 0 Å². The van der Waals surface area contributed by atoms with Gasteiger partial charge in [-0.15, -0.1) is 0 Å². The lowest BCUT2D eigenvalue weighted by atomic mass is 10.2. The Labute approximate surface area is 120 Å². The van der Waals surface area contributed by atoms with Gasteiger partial charge in [-0.25, -0.2) is 0 Å². The molecule has 0 spiro atoms. The summed E-state index contributed by atoms with van der Waals surface area (Å²) in [5.74, 6) is 4.71. The predicted octanol–water partition coefficient (Wildman–Crippen LogP) is 0.643. The number of carbonyl (C=O) groups excluding carboxylic acids is 1. The molecule has 6 nitrogen and oxygen atoms in total. The number of aromatic nitrogens is 1. The second-order valence-corrected chi connectivity index (χ2v) is 4.16. The zero-order valence-corrected chi connectivity index (χ0v) is 11.0. The first-order chi connectivity index (χ1) is 10.1. The van der Waals surface area contributed by atoms with E-state index in [-0.39, 0.29) is 18.0 Å². The van der Waals surface area contributed by atoms with Crippen molar-refractivity contribution < 1.29 is 9.90 Å². The first-order valence-electron chi connectivity index (χ1n) is 6.12. The number of amides is 1. The molecule has 0 atom stereocenters. The smallest absolute Gasteiger partial charge is 0.256 e. The van der Waals surface area contributed by atoms with Gasteiger partial charge in [0.25, 0.3) is 11.5 Å². The number of anilines is 1. The Morgan fingerprint density at radius 1 is 1.33 bits per heavy atom. The van der Waals surface area contributed by atoms with Gasteiger partial charge in [0.15, 0.2) is 5.88 Å². The molecule has 0 unspecified atom stereocenters. The first kappa shape index (κ1) is 14.4. The van der Waals surface area contributed by atoms with Crippen molar-refractivity contribution in [2.45, 2.75) is 0 Å². The highest BCUT2D eigenvalue weighted by molar-refractivity contribution is 6.04. The summed E-state index contributed by atoms with van der Waals surface area (Å²) in [5.41, 5.74) is 6.06. The second-order valence-electron chi connectivity index (χ2n) is 4.16. The van der Waals surface area contributed by atoms with E-state index in [0.29, 0.717) is 11.3 Å². The van der Waals surface area contributed by atoms with Crippen LogP contribution in [0.4, 0.5) is 5.69 Å². The van der Waals surface area contributed by atoms with E-state index in [1.54, 1.807) is 24.3 Å². The molecule has 0 saturated carbocycles. The fraction of sp³-hybridized carbons (Fsp3) is 0.0667. The van der Waals surface area contributed by atoms with Crippen LogP contribution >= 0.6 is 0 Å². The minimum atomic E-state index is -0.553. The molecule has 1 amide bonds. The van der Waals surface area contributed by atoms with E-state index in [0.717, 1.165) is 6.07 Å². The van der Waals surface area contributed by atoms with Crippen molar-refractivity contribution in [3.05, 3.63) is 57.9 Å². The summed E-state index contributed by atoms with van der Waals surface area (Å²) in [7, 11) is 0. The van der Waals surface area contributed by atoms with Crippen LogP contribution in [0.25, 0.3) is 0 Å². The first-order valence-corrected chi connectivity index (χ1v) is 6.12. The quantitative estimate of drug-likeness (QED) is 0.606. The van der Waals surface area contributed by atoms with E-state index in [2.05, 4.69) is 22.1 Å². The summed E-state index contributed by atoms with van der Waals surface area (Å²) in [6.45, 7) is 0.253. The molecule has 1 aromatic heterocycles. The highest BCUT2D eigenvalue weighted by Crippen LogP contribution is 2.12. The van der Waals surface area contributed by atoms with Crippen LogP contribution in [-0.4, -0.2) is 22.5 Å². The number of nitrogens with one attached hydrogen (secondary N) is 2. The minimum Gasteiger partial charge on any atom is -0.494 e. The number of H-pyrrole nitrogens is 1. The summed E-state index contributed by atoms with van der Waals surface area (Å²) in [5, 5.41) is 11.9. The van der Waals surface area contributed by atoms with Crippen LogP contribution in [0, 0.1) is 11.8 Å². The molecule has 0 bridgehead atoms. The van der Waals surface area contributed by atoms with Gasteiger partial charge < -0.3 is 16.2 Å². The van der Waals surface area contributed by atoms with Gasteiger partial charge >= 0.3 is 0 Å². The molecule has 1 heterocycles. The molecule has 0 saturated heterocycles. The van der Waals surface area contributed by atoms with E-state index in [1.807, 2.05) is 0 Å². The zero-order valence-electron chi connectivity index (χ0n) is 11.0. The van der Waals surface area contributed by atoms with Crippen molar-refractivity contribution in [1.29, 1.82) is 0 Å². The van der Waals surface area contributed by atoms with Gasteiger partial charge in [-0.2, -0.15) is 0 Å². The molecule has 0 aliphatic rings. The zero-order chi connectivity index (χ0) is 15.2. The molecule has 0 fully saturated rings. The molecule has 6 heteroatoms. The summed E-state index contributed by atoms with van der Waals surface area (Å²) < 4.78 is 0. The van der Waals surface area contributed by atoms with E-state index < -0.39 is 11.5 Å². The Bertz CT molecular complexity index is 784. The molecule has 0 radical (unpaired) electrons. The summed E-state index contributed by atoms with van der Waals surface area (Å²) >= 11 is 0. The predicted molar refractivity (Wildman–Crippen MR) is 79.1 cm³/mol. The molecule has 0 aliphatic carbocycles. The molecular formula is C15H13N3O3. The standard InChI is InChI=1S/C15H13N3O3/c16-6-2-4-10-3-1-5-12(7-10)17-15(21)11-8-13(19)18-14(20)9-11/h1,3,5,7-9H,6,16H2,(H,17,21)(H2,18,19,20). The molecule has 1 aromatic carbocycles. The van der Waals surface area contributed by atoms with Gasteiger partial charge in [0.05, 0.1) is 12.1 Å². The highest BCUT2D eigenvalue weighted by atomic mass is 16.3. The largest absolute Gasteiger partial charge is 0.494 e. The number of hydrogen-bond donors (Lipinski definition) is 4. The summed E-state index contributed by atoms with van der Waals surface area (Å²) in [6, 6.07) is 9.19. The number of aromatic amines is 1. The monoisotopic (exact) mass is 283 g/mol. The van der Waals surface area contributed by atoms with E-state index in [4.69, 9.17) is 5.73 Å². The highest BCUT2D eigenvalue weighted by Gasteiger charge is 2.08. The van der Waals surface area contributed by atoms with Crippen molar-refractivity contribution >= 4 is 11.6 Å². The van der Waals surface area contributed by atoms with Gasteiger partial charge in [0.2, 0.25) is 0 Å². The SMILES string of the molecule is NCC#Cc1cccc(NC(=O)c2cc(O)[nH]c(=O)c2)c1. The average Bonchev–Trinajstić information content (AvgIpc) is 2.44. The lowest BCUT2D eigenvalue weighted by Gasteiger charge is -2.05. The van der Waals surface area contributed by atoms with Crippen LogP contribution in [-0.2, 0) is 0 Å². The van der Waals surface area contributed by atoms with Gasteiger partial charge in [-0.05, 0) is 18.2 Å². The van der Waals surface area contributed by atoms with Crippen LogP contribution in [0.2, 0.25) is 0 Å². The molecule has 2 aromatic rings. The maximum atomic E-state index is 12.0. The normalized spacial score (nSPS) is 9.57. The van der Waals surface area contributed by atoms with Gasteiger partial charge in [-0.3, -0.25) is 14.6 Å². The Hall–Kier alpha value is -3.04. The number of nitrogens with two attached hydrogens (primary N) is 1. The van der Waals surface area contributed by atoms with Crippen LogP contribution in [0.5, 0.6) is 5.88 Å². The number of aromatic hydroxyl groups is 1. The van der Waals surface area contributed by atoms with Crippen molar-refractivity contribution in [2.75, 3.05) is 11.9 Å². The third-order valence-electron chi connectivity index (χ3n) is 2.55. The fourth-order valence-electron chi connectivity index (χ4n) is 1.69. The Morgan fingerprint density at radius 3 is 2.86 bits per heavy atom. The number of pyridine rings is 1. The van der Waals surface area contributed by atoms with Crippen LogP contribution in [0.15, 0.2) is 41.2 Å². The average molecular weight is 283 g/mol. The summed E-state index contributed by atoms with van der Waals surface area (Å²) in [6.07, 6.45) is 0. The topological polar surface area (TPSA) is 108 Å². The minimum absolute atomic E-state index is 0.0645. The fourth-order valence-corrected chi connectivity index (χ4v) is 1.69. The Kier molecular flexibility index (Phi) is 4.39. The number of benzene rings is 1. The maximum absolute atomic E-state index is 12.0. The van der Waals surface area contributed by atoms with Crippen molar-refractivity contribution in [1.82, 2.24) is 4.98 Å². The molecule has 106 valence electrons. The van der Waals surface area contributed by atoms with Crippen LogP contribution in [0.1, 0.15) is 15.9 Å². The van der Waals surface area contributed by atoms with Crippen LogP contribution < -0.4 is 16.6 Å².